The minimum atomic E-state index is -0.933. The molecule has 0 aromatic heterocycles. The molecule has 3 fully saturated rings. The maximum absolute atomic E-state index is 13.8. The summed E-state index contributed by atoms with van der Waals surface area (Å²) >= 11 is 0. The van der Waals surface area contributed by atoms with Crippen LogP contribution in [-0.4, -0.2) is 47.3 Å². The van der Waals surface area contributed by atoms with Crippen LogP contribution in [0.1, 0.15) is 31.2 Å². The predicted octanol–water partition coefficient (Wildman–Crippen LogP) is 2.37. The Kier molecular flexibility index (Phi) is 4.21. The fraction of sp³-hybridized carbons (Fsp3) is 0.579. The highest BCUT2D eigenvalue weighted by Crippen LogP contribution is 2.38. The molecule has 0 saturated carbocycles. The Hall–Kier alpha value is -1.98. The summed E-state index contributed by atoms with van der Waals surface area (Å²) in [6.45, 7) is 1.93. The minimum absolute atomic E-state index is 0.107. The number of fused-ring (bicyclic) bond motifs is 4. The minimum Gasteiger partial charge on any atom is -0.342 e. The lowest BCUT2D eigenvalue weighted by atomic mass is 9.76. The largest absolute Gasteiger partial charge is 0.342 e. The molecule has 6 heteroatoms. The van der Waals surface area contributed by atoms with Gasteiger partial charge in [0, 0.05) is 37.7 Å². The second kappa shape index (κ2) is 6.39. The van der Waals surface area contributed by atoms with Crippen molar-refractivity contribution in [2.75, 3.05) is 19.6 Å². The fourth-order valence-corrected chi connectivity index (χ4v) is 4.77. The van der Waals surface area contributed by atoms with E-state index < -0.39 is 11.6 Å². The van der Waals surface area contributed by atoms with Crippen molar-refractivity contribution < 1.29 is 18.4 Å². The second-order valence-corrected chi connectivity index (χ2v) is 7.56. The summed E-state index contributed by atoms with van der Waals surface area (Å²) in [6.07, 6.45) is 3.49. The number of amides is 2. The second-order valence-electron chi connectivity index (χ2n) is 7.56. The van der Waals surface area contributed by atoms with Crippen molar-refractivity contribution in [3.05, 3.63) is 35.4 Å². The number of hydrogen-bond donors (Lipinski definition) is 0. The average Bonchev–Trinajstić information content (AvgIpc) is 2.60. The Bertz CT molecular complexity index is 709. The van der Waals surface area contributed by atoms with E-state index >= 15 is 0 Å². The normalized spacial score (nSPS) is 28.7. The number of halogens is 2. The summed E-state index contributed by atoms with van der Waals surface area (Å²) in [5.74, 6) is -1.17. The van der Waals surface area contributed by atoms with Crippen LogP contribution >= 0.6 is 0 Å². The van der Waals surface area contributed by atoms with Gasteiger partial charge in [-0.3, -0.25) is 9.59 Å². The highest BCUT2D eigenvalue weighted by atomic mass is 19.2. The van der Waals surface area contributed by atoms with Crippen molar-refractivity contribution in [2.45, 2.75) is 38.1 Å². The Morgan fingerprint density at radius 3 is 2.88 bits per heavy atom. The number of rotatable bonds is 2. The van der Waals surface area contributed by atoms with Crippen molar-refractivity contribution in [2.24, 2.45) is 11.8 Å². The number of likely N-dealkylation sites (tertiary alicyclic amines) is 1. The standard InChI is InChI=1S/C19H22F2N2O2/c20-15-4-1-3-13(19(15)21)8-18(25)22-9-12-7-14(11-22)16-5-2-6-17(24)23(16)10-12/h1,3-4,12,14,16H,2,5-11H2/t12-,14-,16+/m1/s1. The maximum Gasteiger partial charge on any atom is 0.227 e. The van der Waals surface area contributed by atoms with Crippen LogP contribution in [0.3, 0.4) is 0 Å². The summed E-state index contributed by atoms with van der Waals surface area (Å²) in [5.41, 5.74) is 0.107. The number of carbonyl (C=O) groups is 2. The first kappa shape index (κ1) is 16.5. The van der Waals surface area contributed by atoms with Gasteiger partial charge >= 0.3 is 0 Å². The third kappa shape index (κ3) is 3.02. The van der Waals surface area contributed by atoms with Gasteiger partial charge in [0.15, 0.2) is 11.6 Å². The van der Waals surface area contributed by atoms with Crippen molar-refractivity contribution in [3.63, 3.8) is 0 Å². The number of hydrogen-bond acceptors (Lipinski definition) is 2. The zero-order valence-electron chi connectivity index (χ0n) is 14.1. The summed E-state index contributed by atoms with van der Waals surface area (Å²) in [5, 5.41) is 0. The Labute approximate surface area is 145 Å². The van der Waals surface area contributed by atoms with Crippen LogP contribution in [0.5, 0.6) is 0 Å². The number of nitrogens with zero attached hydrogens (tertiary/aromatic N) is 2. The lowest BCUT2D eigenvalue weighted by Crippen LogP contribution is -2.61. The molecular formula is C19H22F2N2O2. The van der Waals surface area contributed by atoms with Gasteiger partial charge in [0.1, 0.15) is 0 Å². The highest BCUT2D eigenvalue weighted by Gasteiger charge is 2.44. The van der Waals surface area contributed by atoms with Crippen LogP contribution in [0.25, 0.3) is 0 Å². The molecule has 1 aromatic rings. The molecule has 0 unspecified atom stereocenters. The molecule has 3 heterocycles. The van der Waals surface area contributed by atoms with Gasteiger partial charge in [0.25, 0.3) is 0 Å². The quantitative estimate of drug-likeness (QED) is 0.823. The molecule has 1 aromatic carbocycles. The van der Waals surface area contributed by atoms with Crippen molar-refractivity contribution in [1.82, 2.24) is 9.80 Å². The van der Waals surface area contributed by atoms with E-state index in [1.165, 1.54) is 12.1 Å². The fourth-order valence-electron chi connectivity index (χ4n) is 4.77. The molecule has 3 atom stereocenters. The molecule has 0 N–H and O–H groups in total. The summed E-state index contributed by atoms with van der Waals surface area (Å²) in [4.78, 5) is 28.6. The monoisotopic (exact) mass is 348 g/mol. The van der Waals surface area contributed by atoms with E-state index in [2.05, 4.69) is 0 Å². The summed E-state index contributed by atoms with van der Waals surface area (Å²) in [7, 11) is 0. The van der Waals surface area contributed by atoms with Gasteiger partial charge in [-0.1, -0.05) is 12.1 Å². The third-order valence-electron chi connectivity index (χ3n) is 5.91. The first-order valence-electron chi connectivity index (χ1n) is 9.03. The predicted molar refractivity (Wildman–Crippen MR) is 87.6 cm³/mol. The van der Waals surface area contributed by atoms with Gasteiger partial charge in [0.05, 0.1) is 6.42 Å². The van der Waals surface area contributed by atoms with Crippen molar-refractivity contribution >= 4 is 11.8 Å². The molecule has 25 heavy (non-hydrogen) atoms. The van der Waals surface area contributed by atoms with Crippen LogP contribution in [-0.2, 0) is 16.0 Å². The van der Waals surface area contributed by atoms with Gasteiger partial charge in [-0.2, -0.15) is 0 Å². The molecule has 134 valence electrons. The van der Waals surface area contributed by atoms with Gasteiger partial charge in [0.2, 0.25) is 11.8 Å². The van der Waals surface area contributed by atoms with Gasteiger partial charge < -0.3 is 9.80 Å². The van der Waals surface area contributed by atoms with Crippen LogP contribution < -0.4 is 0 Å². The van der Waals surface area contributed by atoms with Gasteiger partial charge in [-0.15, -0.1) is 0 Å². The molecule has 0 aliphatic carbocycles. The van der Waals surface area contributed by atoms with E-state index in [1.54, 1.807) is 4.90 Å². The topological polar surface area (TPSA) is 40.6 Å². The third-order valence-corrected chi connectivity index (χ3v) is 5.91. The van der Waals surface area contributed by atoms with E-state index in [9.17, 15) is 18.4 Å². The molecule has 3 aliphatic rings. The lowest BCUT2D eigenvalue weighted by Gasteiger charge is -2.52. The first-order chi connectivity index (χ1) is 12.0. The van der Waals surface area contributed by atoms with E-state index in [-0.39, 0.29) is 29.8 Å². The highest BCUT2D eigenvalue weighted by molar-refractivity contribution is 5.79. The Morgan fingerprint density at radius 2 is 2.04 bits per heavy atom. The first-order valence-corrected chi connectivity index (χ1v) is 9.03. The SMILES string of the molecule is O=C(Cc1cccc(F)c1F)N1C[C@H]2C[C@H](C1)[C@@H]1CCCC(=O)N1C2. The van der Waals surface area contributed by atoms with Gasteiger partial charge in [-0.05, 0) is 37.2 Å². The molecule has 2 amide bonds. The number of piperidine rings is 3. The average molecular weight is 348 g/mol. The van der Waals surface area contributed by atoms with E-state index in [0.717, 1.165) is 31.9 Å². The molecule has 0 spiro atoms. The zero-order valence-corrected chi connectivity index (χ0v) is 14.1. The van der Waals surface area contributed by atoms with E-state index in [4.69, 9.17) is 0 Å². The Balaban J connectivity index is 1.47. The molecule has 2 bridgehead atoms. The number of carbonyl (C=O) groups excluding carboxylic acids is 2. The smallest absolute Gasteiger partial charge is 0.227 e. The van der Waals surface area contributed by atoms with Crippen LogP contribution in [0.4, 0.5) is 8.78 Å². The van der Waals surface area contributed by atoms with Crippen molar-refractivity contribution in [3.8, 4) is 0 Å². The van der Waals surface area contributed by atoms with Crippen LogP contribution in [0, 0.1) is 23.5 Å². The molecule has 3 aliphatic heterocycles. The molecule has 0 radical (unpaired) electrons. The van der Waals surface area contributed by atoms with E-state index in [0.29, 0.717) is 31.3 Å². The lowest BCUT2D eigenvalue weighted by molar-refractivity contribution is -0.148. The maximum atomic E-state index is 13.8. The van der Waals surface area contributed by atoms with Crippen LogP contribution in [0.2, 0.25) is 0 Å². The van der Waals surface area contributed by atoms with Crippen molar-refractivity contribution in [1.29, 1.82) is 0 Å². The zero-order chi connectivity index (χ0) is 17.6. The molecule has 3 saturated heterocycles. The summed E-state index contributed by atoms with van der Waals surface area (Å²) < 4.78 is 27.2. The number of benzene rings is 1. The van der Waals surface area contributed by atoms with Crippen LogP contribution in [0.15, 0.2) is 18.2 Å². The molecule has 4 rings (SSSR count). The molecule has 4 nitrogen and oxygen atoms in total. The summed E-state index contributed by atoms with van der Waals surface area (Å²) in [6, 6.07) is 4.18. The van der Waals surface area contributed by atoms with Gasteiger partial charge in [-0.25, -0.2) is 8.78 Å². The van der Waals surface area contributed by atoms with E-state index in [1.807, 2.05) is 4.90 Å². The molecular weight excluding hydrogens is 326 g/mol. The Morgan fingerprint density at radius 1 is 1.20 bits per heavy atom.